The van der Waals surface area contributed by atoms with Crippen molar-refractivity contribution in [1.82, 2.24) is 0 Å². The first-order valence-electron chi connectivity index (χ1n) is 6.37. The third-order valence-electron chi connectivity index (χ3n) is 2.84. The fraction of sp³-hybridized carbons (Fsp3) is 0.200. The molecule has 0 aliphatic rings. The largest absolute Gasteiger partial charge is 0.508 e. The Kier molecular flexibility index (Phi) is 5.20. The van der Waals surface area contributed by atoms with Crippen molar-refractivity contribution in [2.24, 2.45) is 0 Å². The number of ether oxygens (including phenoxy) is 1. The molecule has 0 amide bonds. The molecule has 0 aromatic heterocycles. The fourth-order valence-electron chi connectivity index (χ4n) is 1.87. The Morgan fingerprint density at radius 3 is 2.67 bits per heavy atom. The van der Waals surface area contributed by atoms with Gasteiger partial charge >= 0.3 is 0 Å². The Morgan fingerprint density at radius 1 is 1.24 bits per heavy atom. The van der Waals surface area contributed by atoms with Gasteiger partial charge in [0.2, 0.25) is 0 Å². The third kappa shape index (κ3) is 3.95. The molecular formula is C15H15BrClNO3. The summed E-state index contributed by atoms with van der Waals surface area (Å²) in [4.78, 5) is 0. The summed E-state index contributed by atoms with van der Waals surface area (Å²) in [7, 11) is 0. The van der Waals surface area contributed by atoms with Crippen molar-refractivity contribution in [3.05, 3.63) is 45.4 Å². The number of hydrogen-bond donors (Lipinski definition) is 3. The van der Waals surface area contributed by atoms with Crippen molar-refractivity contribution < 1.29 is 14.9 Å². The molecule has 0 spiro atoms. The van der Waals surface area contributed by atoms with Gasteiger partial charge in [-0.05, 0) is 47.1 Å². The lowest BCUT2D eigenvalue weighted by molar-refractivity contribution is 0.339. The predicted molar refractivity (Wildman–Crippen MR) is 87.4 cm³/mol. The molecule has 0 aliphatic carbocycles. The van der Waals surface area contributed by atoms with Crippen molar-refractivity contribution in [2.75, 3.05) is 11.9 Å². The van der Waals surface area contributed by atoms with Crippen LogP contribution in [-0.2, 0) is 6.54 Å². The number of anilines is 1. The van der Waals surface area contributed by atoms with E-state index in [-0.39, 0.29) is 11.5 Å². The Bertz CT molecular complexity index is 649. The summed E-state index contributed by atoms with van der Waals surface area (Å²) in [5.74, 6) is 0.721. The van der Waals surface area contributed by atoms with Crippen LogP contribution in [0.5, 0.6) is 17.2 Å². The van der Waals surface area contributed by atoms with Gasteiger partial charge in [0.15, 0.2) is 5.75 Å². The lowest BCUT2D eigenvalue weighted by atomic mass is 10.2. The van der Waals surface area contributed by atoms with Crippen molar-refractivity contribution >= 4 is 33.2 Å². The summed E-state index contributed by atoms with van der Waals surface area (Å²) < 4.78 is 6.35. The molecule has 0 bridgehead atoms. The number of phenolic OH excluding ortho intramolecular Hbond substituents is 2. The van der Waals surface area contributed by atoms with Gasteiger partial charge in [-0.25, -0.2) is 0 Å². The molecule has 0 unspecified atom stereocenters. The molecule has 2 aromatic rings. The Balaban J connectivity index is 2.22. The summed E-state index contributed by atoms with van der Waals surface area (Å²) in [5, 5.41) is 22.8. The van der Waals surface area contributed by atoms with Gasteiger partial charge in [0, 0.05) is 23.2 Å². The molecule has 0 radical (unpaired) electrons. The molecule has 0 saturated carbocycles. The van der Waals surface area contributed by atoms with Crippen LogP contribution in [0.25, 0.3) is 0 Å². The first kappa shape index (κ1) is 15.8. The predicted octanol–water partition coefficient (Wildman–Crippen LogP) is 4.52. The minimum absolute atomic E-state index is 0.0248. The number of hydrogen-bond acceptors (Lipinski definition) is 4. The van der Waals surface area contributed by atoms with E-state index < -0.39 is 0 Å². The quantitative estimate of drug-likeness (QED) is 0.722. The van der Waals surface area contributed by atoms with Gasteiger partial charge < -0.3 is 20.3 Å². The van der Waals surface area contributed by atoms with E-state index in [1.165, 1.54) is 12.1 Å². The maximum Gasteiger partial charge on any atom is 0.156 e. The minimum Gasteiger partial charge on any atom is -0.508 e. The molecule has 0 aliphatic heterocycles. The van der Waals surface area contributed by atoms with E-state index in [0.29, 0.717) is 29.5 Å². The van der Waals surface area contributed by atoms with E-state index in [4.69, 9.17) is 16.3 Å². The minimum atomic E-state index is 0.0248. The first-order chi connectivity index (χ1) is 10.0. The highest BCUT2D eigenvalue weighted by molar-refractivity contribution is 9.10. The molecule has 2 rings (SSSR count). The number of phenols is 2. The van der Waals surface area contributed by atoms with Crippen LogP contribution in [0.2, 0.25) is 5.02 Å². The lowest BCUT2D eigenvalue weighted by Gasteiger charge is -2.15. The van der Waals surface area contributed by atoms with Gasteiger partial charge in [0.05, 0.1) is 16.8 Å². The second-order valence-electron chi connectivity index (χ2n) is 4.36. The van der Waals surface area contributed by atoms with Gasteiger partial charge in [0.1, 0.15) is 11.5 Å². The normalized spacial score (nSPS) is 10.4. The summed E-state index contributed by atoms with van der Waals surface area (Å²) in [6, 6.07) is 7.99. The van der Waals surface area contributed by atoms with Gasteiger partial charge in [-0.15, -0.1) is 0 Å². The Hall–Kier alpha value is -1.59. The number of benzene rings is 2. The molecule has 0 fully saturated rings. The number of halogens is 2. The molecule has 2 aromatic carbocycles. The highest BCUT2D eigenvalue weighted by Gasteiger charge is 2.11. The van der Waals surface area contributed by atoms with E-state index in [2.05, 4.69) is 21.2 Å². The van der Waals surface area contributed by atoms with E-state index in [1.807, 2.05) is 6.92 Å². The molecule has 0 atom stereocenters. The topological polar surface area (TPSA) is 61.7 Å². The zero-order valence-corrected chi connectivity index (χ0v) is 13.7. The van der Waals surface area contributed by atoms with Crippen LogP contribution >= 0.6 is 27.5 Å². The van der Waals surface area contributed by atoms with E-state index in [9.17, 15) is 10.2 Å². The van der Waals surface area contributed by atoms with Crippen molar-refractivity contribution in [2.45, 2.75) is 13.5 Å². The van der Waals surface area contributed by atoms with Crippen LogP contribution in [0.1, 0.15) is 12.5 Å². The van der Waals surface area contributed by atoms with Crippen LogP contribution in [0.15, 0.2) is 34.8 Å². The van der Waals surface area contributed by atoms with Crippen molar-refractivity contribution in [3.8, 4) is 17.2 Å². The monoisotopic (exact) mass is 371 g/mol. The van der Waals surface area contributed by atoms with Crippen LogP contribution in [0.3, 0.4) is 0 Å². The highest BCUT2D eigenvalue weighted by atomic mass is 79.9. The zero-order chi connectivity index (χ0) is 15.4. The molecule has 21 heavy (non-hydrogen) atoms. The van der Waals surface area contributed by atoms with E-state index in [1.54, 1.807) is 18.2 Å². The maximum absolute atomic E-state index is 9.78. The maximum atomic E-state index is 9.78. The highest BCUT2D eigenvalue weighted by Crippen LogP contribution is 2.37. The number of nitrogens with one attached hydrogen (secondary N) is 1. The van der Waals surface area contributed by atoms with Crippen LogP contribution in [0.4, 0.5) is 5.69 Å². The number of rotatable bonds is 5. The van der Waals surface area contributed by atoms with E-state index in [0.717, 1.165) is 10.2 Å². The zero-order valence-electron chi connectivity index (χ0n) is 11.4. The van der Waals surface area contributed by atoms with Gasteiger partial charge in [0.25, 0.3) is 0 Å². The second-order valence-corrected chi connectivity index (χ2v) is 5.65. The standard InChI is InChI=1S/C15H15BrClNO3/c1-2-21-15-12(16)5-10(17)6-13(15)18-8-9-3-4-11(19)7-14(9)20/h3-7,18-20H,2,8H2,1H3. The SMILES string of the molecule is CCOc1c(Br)cc(Cl)cc1NCc1ccc(O)cc1O. The van der Waals surface area contributed by atoms with Gasteiger partial charge in [-0.2, -0.15) is 0 Å². The molecular weight excluding hydrogens is 358 g/mol. The summed E-state index contributed by atoms with van der Waals surface area (Å²) in [6.45, 7) is 2.80. The third-order valence-corrected chi connectivity index (χ3v) is 3.64. The van der Waals surface area contributed by atoms with Crippen molar-refractivity contribution in [1.29, 1.82) is 0 Å². The molecule has 3 N–H and O–H groups in total. The first-order valence-corrected chi connectivity index (χ1v) is 7.55. The van der Waals surface area contributed by atoms with Crippen LogP contribution in [0, 0.1) is 0 Å². The molecule has 112 valence electrons. The number of aromatic hydroxyl groups is 2. The summed E-state index contributed by atoms with van der Waals surface area (Å²) >= 11 is 9.47. The van der Waals surface area contributed by atoms with E-state index >= 15 is 0 Å². The van der Waals surface area contributed by atoms with Gasteiger partial charge in [-0.1, -0.05) is 11.6 Å². The van der Waals surface area contributed by atoms with Crippen LogP contribution < -0.4 is 10.1 Å². The lowest BCUT2D eigenvalue weighted by Crippen LogP contribution is -2.03. The smallest absolute Gasteiger partial charge is 0.156 e. The molecule has 6 heteroatoms. The summed E-state index contributed by atoms with van der Waals surface area (Å²) in [5.41, 5.74) is 1.38. The van der Waals surface area contributed by atoms with Crippen molar-refractivity contribution in [3.63, 3.8) is 0 Å². The Labute approximate surface area is 136 Å². The fourth-order valence-corrected chi connectivity index (χ4v) is 2.80. The average molecular weight is 373 g/mol. The molecule has 0 saturated heterocycles. The average Bonchev–Trinajstić information content (AvgIpc) is 2.41. The van der Waals surface area contributed by atoms with Crippen LogP contribution in [-0.4, -0.2) is 16.8 Å². The Morgan fingerprint density at radius 2 is 2.00 bits per heavy atom. The van der Waals surface area contributed by atoms with Gasteiger partial charge in [-0.3, -0.25) is 0 Å². The summed E-state index contributed by atoms with van der Waals surface area (Å²) in [6.07, 6.45) is 0. The second kappa shape index (κ2) is 6.91. The molecule has 0 heterocycles. The molecule has 4 nitrogen and oxygen atoms in total.